The van der Waals surface area contributed by atoms with Crippen molar-refractivity contribution in [1.29, 1.82) is 0 Å². The van der Waals surface area contributed by atoms with Gasteiger partial charge in [0.15, 0.2) is 0 Å². The molecule has 3 unspecified atom stereocenters. The Labute approximate surface area is 98.4 Å². The molecule has 6 nitrogen and oxygen atoms in total. The first kappa shape index (κ1) is 9.90. The Morgan fingerprint density at radius 2 is 2.18 bits per heavy atom. The number of hydrogen-bond acceptors (Lipinski definition) is 5. The van der Waals surface area contributed by atoms with Gasteiger partial charge in [-0.2, -0.15) is 0 Å². The summed E-state index contributed by atoms with van der Waals surface area (Å²) in [6, 6.07) is -0.220. The van der Waals surface area contributed by atoms with E-state index in [1.165, 1.54) is 0 Å². The molecule has 4 heterocycles. The zero-order valence-corrected chi connectivity index (χ0v) is 9.68. The molecule has 0 radical (unpaired) electrons. The van der Waals surface area contributed by atoms with E-state index in [9.17, 15) is 9.59 Å². The van der Waals surface area contributed by atoms with Crippen molar-refractivity contribution in [2.45, 2.75) is 31.3 Å². The zero-order chi connectivity index (χ0) is 11.9. The summed E-state index contributed by atoms with van der Waals surface area (Å²) < 4.78 is 16.9. The lowest BCUT2D eigenvalue weighted by Gasteiger charge is -2.45. The standard InChI is InChI=1S/C10H14BNO5/c1-10(6-15-10)11-12(5-8(13)16-11)4-2-3-7(12)9(14)17-11/h7H,2-6H2,1H3/t7-,10?,11?,12?/m0/s1. The Morgan fingerprint density at radius 3 is 2.88 bits per heavy atom. The fraction of sp³-hybridized carbons (Fsp3) is 0.800. The molecule has 4 aliphatic heterocycles. The maximum absolute atomic E-state index is 12.0. The van der Waals surface area contributed by atoms with E-state index in [-0.39, 0.29) is 24.5 Å². The van der Waals surface area contributed by atoms with Crippen molar-refractivity contribution >= 4 is 18.6 Å². The van der Waals surface area contributed by atoms with E-state index in [4.69, 9.17) is 14.0 Å². The Morgan fingerprint density at radius 1 is 1.41 bits per heavy atom. The van der Waals surface area contributed by atoms with Crippen molar-refractivity contribution in [3.8, 4) is 0 Å². The number of hydrogen-bond donors (Lipinski definition) is 0. The number of epoxide rings is 1. The van der Waals surface area contributed by atoms with Crippen molar-refractivity contribution in [3.05, 3.63) is 0 Å². The predicted octanol–water partition coefficient (Wildman–Crippen LogP) is -0.654. The lowest BCUT2D eigenvalue weighted by Crippen LogP contribution is -2.70. The summed E-state index contributed by atoms with van der Waals surface area (Å²) in [7, 11) is 0. The van der Waals surface area contributed by atoms with E-state index in [0.717, 1.165) is 19.4 Å². The molecule has 1 spiro atoms. The van der Waals surface area contributed by atoms with E-state index in [1.54, 1.807) is 0 Å². The summed E-state index contributed by atoms with van der Waals surface area (Å²) in [5.74, 6) is -0.479. The molecule has 7 heteroatoms. The molecular weight excluding hydrogens is 225 g/mol. The molecule has 0 amide bonds. The van der Waals surface area contributed by atoms with Crippen LogP contribution < -0.4 is 0 Å². The van der Waals surface area contributed by atoms with Gasteiger partial charge in [-0.25, -0.2) is 4.79 Å². The first-order chi connectivity index (χ1) is 8.03. The molecule has 17 heavy (non-hydrogen) atoms. The van der Waals surface area contributed by atoms with Gasteiger partial charge in [0.2, 0.25) is 0 Å². The number of quaternary nitrogens is 1. The van der Waals surface area contributed by atoms with Crippen LogP contribution in [0, 0.1) is 0 Å². The maximum Gasteiger partial charge on any atom is 0.617 e. The monoisotopic (exact) mass is 239 g/mol. The van der Waals surface area contributed by atoms with E-state index < -0.39 is 12.2 Å². The van der Waals surface area contributed by atoms with Crippen molar-refractivity contribution in [2.75, 3.05) is 19.7 Å². The topological polar surface area (TPSA) is 65.1 Å². The molecule has 0 bridgehead atoms. The van der Waals surface area contributed by atoms with Crippen LogP contribution in [0.25, 0.3) is 0 Å². The van der Waals surface area contributed by atoms with Gasteiger partial charge in [-0.1, -0.05) is 6.92 Å². The van der Waals surface area contributed by atoms with Crippen LogP contribution in [0.5, 0.6) is 0 Å². The SMILES string of the molecule is CC1([B-]23OC(=O)C[N+]24CCC[C@H]4C(=O)O3)CO1. The Balaban J connectivity index is 1.91. The second-order valence-corrected chi connectivity index (χ2v) is 5.84. The molecule has 0 saturated carbocycles. The van der Waals surface area contributed by atoms with E-state index in [2.05, 4.69) is 0 Å². The van der Waals surface area contributed by atoms with Gasteiger partial charge in [-0.05, 0) is 6.42 Å². The lowest BCUT2D eigenvalue weighted by molar-refractivity contribution is -0.827. The highest BCUT2D eigenvalue weighted by Gasteiger charge is 2.83. The van der Waals surface area contributed by atoms with Crippen molar-refractivity contribution < 1.29 is 28.0 Å². The van der Waals surface area contributed by atoms with Gasteiger partial charge in [0, 0.05) is 13.0 Å². The molecule has 4 atom stereocenters. The van der Waals surface area contributed by atoms with Gasteiger partial charge in [-0.3, -0.25) is 4.79 Å². The van der Waals surface area contributed by atoms with Crippen molar-refractivity contribution in [1.82, 2.24) is 0 Å². The molecule has 92 valence electrons. The molecule has 4 saturated heterocycles. The van der Waals surface area contributed by atoms with Gasteiger partial charge in [0.05, 0.1) is 6.61 Å². The number of ether oxygens (including phenoxy) is 1. The van der Waals surface area contributed by atoms with Gasteiger partial charge in [0.25, 0.3) is 0 Å². The summed E-state index contributed by atoms with van der Waals surface area (Å²) in [6.45, 7) is 1.42. The van der Waals surface area contributed by atoms with Crippen LogP contribution in [0.4, 0.5) is 0 Å². The van der Waals surface area contributed by atoms with Crippen LogP contribution >= 0.6 is 0 Å². The minimum Gasteiger partial charge on any atom is -0.598 e. The first-order valence-corrected chi connectivity index (χ1v) is 6.12. The molecule has 4 aliphatic rings. The maximum atomic E-state index is 12.0. The van der Waals surface area contributed by atoms with Gasteiger partial charge in [-0.15, -0.1) is 0 Å². The second-order valence-electron chi connectivity index (χ2n) is 5.84. The van der Waals surface area contributed by atoms with Crippen LogP contribution in [0.15, 0.2) is 0 Å². The van der Waals surface area contributed by atoms with Crippen LogP contribution in [-0.4, -0.2) is 54.3 Å². The Bertz CT molecular complexity index is 450. The molecule has 4 fully saturated rings. The molecule has 4 rings (SSSR count). The smallest absolute Gasteiger partial charge is 0.598 e. The number of carbonyl (C=O) groups is 2. The van der Waals surface area contributed by atoms with Crippen LogP contribution in [0.2, 0.25) is 0 Å². The fourth-order valence-electron chi connectivity index (χ4n) is 4.08. The van der Waals surface area contributed by atoms with E-state index in [0.29, 0.717) is 11.0 Å². The van der Waals surface area contributed by atoms with Crippen LogP contribution in [-0.2, 0) is 23.6 Å². The summed E-state index contributed by atoms with van der Waals surface area (Å²) >= 11 is 0. The molecule has 0 aromatic heterocycles. The fourth-order valence-corrected chi connectivity index (χ4v) is 4.08. The number of rotatable bonds is 1. The summed E-state index contributed by atoms with van der Waals surface area (Å²) in [5, 5.41) is 0. The highest BCUT2D eigenvalue weighted by molar-refractivity contribution is 6.70. The highest BCUT2D eigenvalue weighted by Crippen LogP contribution is 2.54. The number of nitrogens with zero attached hydrogens (tertiary/aromatic N) is 1. The third-order valence-corrected chi connectivity index (χ3v) is 4.98. The first-order valence-electron chi connectivity index (χ1n) is 6.12. The average molecular weight is 239 g/mol. The van der Waals surface area contributed by atoms with Gasteiger partial charge in [0.1, 0.15) is 18.1 Å². The molecule has 0 aliphatic carbocycles. The minimum atomic E-state index is -1.99. The highest BCUT2D eigenvalue weighted by atomic mass is 16.7. The summed E-state index contributed by atoms with van der Waals surface area (Å²) in [5.41, 5.74) is -0.596. The second kappa shape index (κ2) is 2.51. The van der Waals surface area contributed by atoms with Crippen molar-refractivity contribution in [2.24, 2.45) is 0 Å². The third-order valence-electron chi connectivity index (χ3n) is 4.98. The van der Waals surface area contributed by atoms with Gasteiger partial charge < -0.3 is 18.4 Å². The Hall–Kier alpha value is -1.08. The van der Waals surface area contributed by atoms with E-state index >= 15 is 0 Å². The average Bonchev–Trinajstić information content (AvgIpc) is 2.68. The lowest BCUT2D eigenvalue weighted by atomic mass is 9.55. The van der Waals surface area contributed by atoms with Crippen molar-refractivity contribution in [3.63, 3.8) is 0 Å². The quantitative estimate of drug-likeness (QED) is 0.449. The molecule has 0 aromatic rings. The van der Waals surface area contributed by atoms with Gasteiger partial charge >= 0.3 is 18.6 Å². The van der Waals surface area contributed by atoms with Crippen LogP contribution in [0.1, 0.15) is 19.8 Å². The Kier molecular flexibility index (Phi) is 1.47. The summed E-state index contributed by atoms with van der Waals surface area (Å²) in [4.78, 5) is 23.7. The van der Waals surface area contributed by atoms with E-state index in [1.807, 2.05) is 6.92 Å². The zero-order valence-electron chi connectivity index (χ0n) is 9.68. The summed E-state index contributed by atoms with van der Waals surface area (Å²) in [6.07, 6.45) is 1.73. The minimum absolute atomic E-state index is 0.216. The molecule has 0 aromatic carbocycles. The third kappa shape index (κ3) is 0.857. The number of carbonyl (C=O) groups excluding carboxylic acids is 2. The molecule has 0 N–H and O–H groups in total. The van der Waals surface area contributed by atoms with Crippen LogP contribution in [0.3, 0.4) is 0 Å². The molecular formula is C10H14BNO5. The normalized spacial score (nSPS) is 55.2. The largest absolute Gasteiger partial charge is 0.617 e. The predicted molar refractivity (Wildman–Crippen MR) is 55.3 cm³/mol.